The van der Waals surface area contributed by atoms with Crippen molar-refractivity contribution in [2.75, 3.05) is 7.11 Å². The summed E-state index contributed by atoms with van der Waals surface area (Å²) in [5.41, 5.74) is 2.07. The first-order valence-electron chi connectivity index (χ1n) is 7.16. The number of methoxy groups -OCH3 is 1. The van der Waals surface area contributed by atoms with Crippen molar-refractivity contribution >= 4 is 18.4 Å². The van der Waals surface area contributed by atoms with Crippen molar-refractivity contribution in [3.63, 3.8) is 0 Å². The molecule has 0 saturated heterocycles. The average molecular weight is 328 g/mol. The van der Waals surface area contributed by atoms with E-state index in [0.717, 1.165) is 11.1 Å². The zero-order chi connectivity index (χ0) is 17.4. The van der Waals surface area contributed by atoms with Crippen LogP contribution in [0.5, 0.6) is 11.5 Å². The van der Waals surface area contributed by atoms with Gasteiger partial charge >= 0.3 is 11.9 Å². The lowest BCUT2D eigenvalue weighted by molar-refractivity contribution is -0.148. The molecule has 0 aromatic heterocycles. The smallest absolute Gasteiger partial charge is 0.322 e. The normalized spacial score (nSPS) is 9.88. The number of benzene rings is 2. The van der Waals surface area contributed by atoms with Gasteiger partial charge in [0, 0.05) is 0 Å². The molecule has 0 bridgehead atoms. The zero-order valence-corrected chi connectivity index (χ0v) is 13.1. The van der Waals surface area contributed by atoms with Crippen LogP contribution in [0.3, 0.4) is 0 Å². The van der Waals surface area contributed by atoms with Crippen LogP contribution >= 0.6 is 0 Å². The summed E-state index contributed by atoms with van der Waals surface area (Å²) in [7, 11) is 1.21. The van der Waals surface area contributed by atoms with Crippen molar-refractivity contribution in [2.45, 2.75) is 12.8 Å². The van der Waals surface area contributed by atoms with Gasteiger partial charge in [0.1, 0.15) is 17.9 Å². The second-order valence-electron chi connectivity index (χ2n) is 4.91. The van der Waals surface area contributed by atoms with Crippen LogP contribution in [0.15, 0.2) is 48.5 Å². The van der Waals surface area contributed by atoms with Gasteiger partial charge in [0.05, 0.1) is 7.11 Å². The SMILES string of the molecule is COC(=O)CC(=O)Oc1ccc(Cc2ccc(OC=O)cc2)cc1. The van der Waals surface area contributed by atoms with Crippen molar-refractivity contribution in [1.82, 2.24) is 0 Å². The van der Waals surface area contributed by atoms with Crippen LogP contribution in [0.4, 0.5) is 0 Å². The molecule has 124 valence electrons. The van der Waals surface area contributed by atoms with Crippen LogP contribution in [0.1, 0.15) is 17.5 Å². The van der Waals surface area contributed by atoms with Crippen molar-refractivity contribution < 1.29 is 28.6 Å². The molecule has 0 fully saturated rings. The number of rotatable bonds is 7. The number of hydrogen-bond donors (Lipinski definition) is 0. The Morgan fingerprint density at radius 3 is 1.92 bits per heavy atom. The van der Waals surface area contributed by atoms with E-state index in [0.29, 0.717) is 24.4 Å². The zero-order valence-electron chi connectivity index (χ0n) is 13.1. The number of esters is 2. The fraction of sp³-hybridized carbons (Fsp3) is 0.167. The molecule has 0 N–H and O–H groups in total. The van der Waals surface area contributed by atoms with E-state index in [1.54, 1.807) is 24.3 Å². The summed E-state index contributed by atoms with van der Waals surface area (Å²) in [6.45, 7) is 0.384. The minimum Gasteiger partial charge on any atom is -0.469 e. The molecule has 0 spiro atoms. The fourth-order valence-electron chi connectivity index (χ4n) is 2.01. The third-order valence-electron chi connectivity index (χ3n) is 3.19. The standard InChI is InChI=1S/C18H16O6/c1-22-17(20)11-18(21)24-16-8-4-14(5-9-16)10-13-2-6-15(7-3-13)23-12-19/h2-9,12H,10-11H2,1H3. The van der Waals surface area contributed by atoms with Gasteiger partial charge in [-0.1, -0.05) is 24.3 Å². The van der Waals surface area contributed by atoms with Crippen molar-refractivity contribution in [1.29, 1.82) is 0 Å². The van der Waals surface area contributed by atoms with Crippen LogP contribution in [0, 0.1) is 0 Å². The Hall–Kier alpha value is -3.15. The Morgan fingerprint density at radius 1 is 0.875 bits per heavy atom. The molecule has 0 aliphatic rings. The van der Waals surface area contributed by atoms with Gasteiger partial charge in [0.25, 0.3) is 6.47 Å². The summed E-state index contributed by atoms with van der Waals surface area (Å²) in [4.78, 5) is 32.7. The van der Waals surface area contributed by atoms with Crippen LogP contribution in [0.2, 0.25) is 0 Å². The molecule has 6 heteroatoms. The van der Waals surface area contributed by atoms with Gasteiger partial charge in [-0.15, -0.1) is 0 Å². The highest BCUT2D eigenvalue weighted by Gasteiger charge is 2.11. The third-order valence-corrected chi connectivity index (χ3v) is 3.19. The van der Waals surface area contributed by atoms with Gasteiger partial charge in [-0.05, 0) is 41.8 Å². The molecule has 6 nitrogen and oxygen atoms in total. The van der Waals surface area contributed by atoms with Gasteiger partial charge in [-0.3, -0.25) is 14.4 Å². The highest BCUT2D eigenvalue weighted by atomic mass is 16.5. The quantitative estimate of drug-likeness (QED) is 0.336. The molecule has 0 heterocycles. The Kier molecular flexibility index (Phi) is 6.08. The lowest BCUT2D eigenvalue weighted by Gasteiger charge is -2.06. The molecule has 0 saturated carbocycles. The lowest BCUT2D eigenvalue weighted by Crippen LogP contribution is -2.14. The van der Waals surface area contributed by atoms with Crippen LogP contribution in [-0.2, 0) is 25.5 Å². The predicted molar refractivity (Wildman–Crippen MR) is 84.7 cm³/mol. The first-order valence-corrected chi connectivity index (χ1v) is 7.16. The molecule has 2 aromatic carbocycles. The predicted octanol–water partition coefficient (Wildman–Crippen LogP) is 2.28. The summed E-state index contributed by atoms with van der Waals surface area (Å²) < 4.78 is 14.2. The van der Waals surface area contributed by atoms with Crippen molar-refractivity contribution in [3.8, 4) is 11.5 Å². The molecular formula is C18H16O6. The highest BCUT2D eigenvalue weighted by molar-refractivity contribution is 5.92. The fourth-order valence-corrected chi connectivity index (χ4v) is 2.01. The van der Waals surface area contributed by atoms with Crippen LogP contribution in [0.25, 0.3) is 0 Å². The second-order valence-corrected chi connectivity index (χ2v) is 4.91. The maximum Gasteiger partial charge on any atom is 0.322 e. The summed E-state index contributed by atoms with van der Waals surface area (Å²) >= 11 is 0. The summed E-state index contributed by atoms with van der Waals surface area (Å²) in [6.07, 6.45) is 0.255. The van der Waals surface area contributed by atoms with E-state index < -0.39 is 18.4 Å². The van der Waals surface area contributed by atoms with Gasteiger partial charge in [-0.25, -0.2) is 0 Å². The molecule has 0 unspecified atom stereocenters. The van der Waals surface area contributed by atoms with E-state index >= 15 is 0 Å². The number of ether oxygens (including phenoxy) is 3. The maximum absolute atomic E-state index is 11.5. The molecule has 0 aliphatic heterocycles. The van der Waals surface area contributed by atoms with E-state index in [9.17, 15) is 14.4 Å². The van der Waals surface area contributed by atoms with Crippen LogP contribution in [-0.4, -0.2) is 25.5 Å². The molecular weight excluding hydrogens is 312 g/mol. The van der Waals surface area contributed by atoms with Crippen molar-refractivity contribution in [2.24, 2.45) is 0 Å². The number of carbonyl (C=O) groups excluding carboxylic acids is 3. The topological polar surface area (TPSA) is 78.9 Å². The molecule has 0 atom stereocenters. The van der Waals surface area contributed by atoms with E-state index in [-0.39, 0.29) is 0 Å². The Balaban J connectivity index is 1.92. The van der Waals surface area contributed by atoms with E-state index in [4.69, 9.17) is 9.47 Å². The highest BCUT2D eigenvalue weighted by Crippen LogP contribution is 2.18. The van der Waals surface area contributed by atoms with Crippen LogP contribution < -0.4 is 9.47 Å². The first kappa shape index (κ1) is 17.2. The molecule has 0 amide bonds. The van der Waals surface area contributed by atoms with Gasteiger partial charge < -0.3 is 14.2 Å². The molecule has 0 radical (unpaired) electrons. The Bertz CT molecular complexity index is 703. The van der Waals surface area contributed by atoms with Crippen molar-refractivity contribution in [3.05, 3.63) is 59.7 Å². The largest absolute Gasteiger partial charge is 0.469 e. The Labute approximate surface area is 139 Å². The summed E-state index contributed by atoms with van der Waals surface area (Å²) in [5.74, 6) is -0.456. The minimum absolute atomic E-state index is 0.363. The third kappa shape index (κ3) is 5.24. The molecule has 24 heavy (non-hydrogen) atoms. The minimum atomic E-state index is -0.666. The van der Waals surface area contributed by atoms with E-state index in [1.807, 2.05) is 24.3 Å². The monoisotopic (exact) mass is 328 g/mol. The van der Waals surface area contributed by atoms with E-state index in [2.05, 4.69) is 4.74 Å². The van der Waals surface area contributed by atoms with Gasteiger partial charge in [-0.2, -0.15) is 0 Å². The Morgan fingerprint density at radius 2 is 1.42 bits per heavy atom. The maximum atomic E-state index is 11.5. The number of hydrogen-bond acceptors (Lipinski definition) is 6. The molecule has 2 rings (SSSR count). The lowest BCUT2D eigenvalue weighted by atomic mass is 10.0. The summed E-state index contributed by atoms with van der Waals surface area (Å²) in [6, 6.07) is 14.1. The van der Waals surface area contributed by atoms with E-state index in [1.165, 1.54) is 7.11 Å². The average Bonchev–Trinajstić information content (AvgIpc) is 2.58. The summed E-state index contributed by atoms with van der Waals surface area (Å²) in [5, 5.41) is 0. The molecule has 0 aliphatic carbocycles. The second kappa shape index (κ2) is 8.47. The first-order chi connectivity index (χ1) is 11.6. The van der Waals surface area contributed by atoms with Gasteiger partial charge in [0.2, 0.25) is 0 Å². The van der Waals surface area contributed by atoms with Gasteiger partial charge in [0.15, 0.2) is 0 Å². The molecule has 2 aromatic rings. The number of carbonyl (C=O) groups is 3.